The summed E-state index contributed by atoms with van der Waals surface area (Å²) in [4.78, 5) is 10.4. The number of aliphatic hydroxyl groups is 2. The van der Waals surface area contributed by atoms with Gasteiger partial charge in [0, 0.05) is 11.6 Å². The fraction of sp³-hybridized carbons (Fsp3) is 0.364. The Morgan fingerprint density at radius 3 is 2.61 bits per heavy atom. The second-order valence-electron chi connectivity index (χ2n) is 3.73. The van der Waals surface area contributed by atoms with Crippen molar-refractivity contribution in [2.75, 3.05) is 12.8 Å². The lowest BCUT2D eigenvalue weighted by atomic mass is 10.0. The molecule has 0 spiro atoms. The molecule has 5 N–H and O–H groups in total. The van der Waals surface area contributed by atoms with Crippen LogP contribution < -0.4 is 10.5 Å². The van der Waals surface area contributed by atoms with Crippen molar-refractivity contribution in [2.24, 2.45) is 0 Å². The van der Waals surface area contributed by atoms with Gasteiger partial charge in [-0.15, -0.1) is 0 Å². The van der Waals surface area contributed by atoms with Crippen LogP contribution in [0.4, 0.5) is 10.1 Å². The molecule has 0 fully saturated rings. The lowest BCUT2D eigenvalue weighted by Gasteiger charge is -2.18. The highest BCUT2D eigenvalue weighted by Gasteiger charge is 2.25. The smallest absolute Gasteiger partial charge is 0.306 e. The number of methoxy groups -OCH3 is 1. The highest BCUT2D eigenvalue weighted by molar-refractivity contribution is 5.67. The van der Waals surface area contributed by atoms with Crippen LogP contribution in [-0.4, -0.2) is 34.5 Å². The van der Waals surface area contributed by atoms with Crippen LogP contribution in [0.25, 0.3) is 0 Å². The number of aliphatic hydroxyl groups excluding tert-OH is 2. The maximum atomic E-state index is 13.6. The molecule has 0 saturated carbocycles. The van der Waals surface area contributed by atoms with Gasteiger partial charge in [-0.3, -0.25) is 4.79 Å². The van der Waals surface area contributed by atoms with E-state index < -0.39 is 30.4 Å². The summed E-state index contributed by atoms with van der Waals surface area (Å²) in [6.45, 7) is 0. The third kappa shape index (κ3) is 3.08. The molecule has 0 amide bonds. The van der Waals surface area contributed by atoms with Crippen molar-refractivity contribution in [3.63, 3.8) is 0 Å². The molecular formula is C11H14FNO5. The molecule has 1 aromatic rings. The fourth-order valence-electron chi connectivity index (χ4n) is 1.49. The Balaban J connectivity index is 3.04. The fourth-order valence-corrected chi connectivity index (χ4v) is 1.49. The van der Waals surface area contributed by atoms with E-state index in [1.54, 1.807) is 0 Å². The third-order valence-electron chi connectivity index (χ3n) is 2.42. The number of hydrogen-bond acceptors (Lipinski definition) is 5. The summed E-state index contributed by atoms with van der Waals surface area (Å²) in [6, 6.07) is 2.06. The van der Waals surface area contributed by atoms with Crippen molar-refractivity contribution in [1.29, 1.82) is 0 Å². The molecule has 18 heavy (non-hydrogen) atoms. The number of ether oxygens (including phenoxy) is 1. The van der Waals surface area contributed by atoms with E-state index in [2.05, 4.69) is 0 Å². The van der Waals surface area contributed by atoms with Crippen molar-refractivity contribution in [3.05, 3.63) is 23.5 Å². The van der Waals surface area contributed by atoms with Crippen molar-refractivity contribution < 1.29 is 29.2 Å². The Bertz CT molecular complexity index is 451. The third-order valence-corrected chi connectivity index (χ3v) is 2.42. The highest BCUT2D eigenvalue weighted by Crippen LogP contribution is 2.30. The van der Waals surface area contributed by atoms with Crippen LogP contribution in [0.3, 0.4) is 0 Å². The van der Waals surface area contributed by atoms with E-state index in [-0.39, 0.29) is 17.0 Å². The number of rotatable bonds is 5. The van der Waals surface area contributed by atoms with Crippen LogP contribution in [0.15, 0.2) is 12.1 Å². The average molecular weight is 259 g/mol. The standard InChI is InChI=1S/C11H14FNO5/c1-18-9-2-5(6(12)3-7(9)13)11(17)8(14)4-10(15)16/h2-3,8,11,14,17H,4,13H2,1H3,(H,15,16). The monoisotopic (exact) mass is 259 g/mol. The summed E-state index contributed by atoms with van der Waals surface area (Å²) in [5.41, 5.74) is 5.23. The molecule has 1 aromatic carbocycles. The molecule has 0 aliphatic carbocycles. The zero-order valence-electron chi connectivity index (χ0n) is 9.63. The number of carboxylic acid groups (broad SMARTS) is 1. The van der Waals surface area contributed by atoms with Gasteiger partial charge in [-0.25, -0.2) is 4.39 Å². The number of nitrogens with two attached hydrogens (primary N) is 1. The van der Waals surface area contributed by atoms with Gasteiger partial charge in [0.15, 0.2) is 0 Å². The van der Waals surface area contributed by atoms with Crippen LogP contribution in [0, 0.1) is 5.82 Å². The Labute approximate surface area is 102 Å². The van der Waals surface area contributed by atoms with Crippen molar-refractivity contribution >= 4 is 11.7 Å². The quantitative estimate of drug-likeness (QED) is 0.565. The predicted octanol–water partition coefficient (Wildman–Crippen LogP) is 0.285. The predicted molar refractivity (Wildman–Crippen MR) is 60.6 cm³/mol. The van der Waals surface area contributed by atoms with Crippen LogP contribution in [0.5, 0.6) is 5.75 Å². The number of halogens is 1. The first-order valence-electron chi connectivity index (χ1n) is 5.07. The van der Waals surface area contributed by atoms with Crippen LogP contribution in [0.2, 0.25) is 0 Å². The molecule has 0 saturated heterocycles. The normalized spacial score (nSPS) is 14.0. The molecule has 2 atom stereocenters. The minimum Gasteiger partial charge on any atom is -0.495 e. The number of carboxylic acids is 1. The molecular weight excluding hydrogens is 245 g/mol. The van der Waals surface area contributed by atoms with Gasteiger partial charge in [0.25, 0.3) is 0 Å². The summed E-state index contributed by atoms with van der Waals surface area (Å²) in [7, 11) is 1.31. The molecule has 100 valence electrons. The molecule has 0 aliphatic heterocycles. The first-order valence-corrected chi connectivity index (χ1v) is 5.07. The maximum Gasteiger partial charge on any atom is 0.306 e. The molecule has 7 heteroatoms. The van der Waals surface area contributed by atoms with Gasteiger partial charge in [-0.1, -0.05) is 0 Å². The van der Waals surface area contributed by atoms with E-state index in [0.717, 1.165) is 12.1 Å². The molecule has 0 aromatic heterocycles. The average Bonchev–Trinajstić information content (AvgIpc) is 2.27. The number of carbonyl (C=O) groups is 1. The second kappa shape index (κ2) is 5.65. The minimum absolute atomic E-state index is 0.0404. The number of hydrogen-bond donors (Lipinski definition) is 4. The maximum absolute atomic E-state index is 13.6. The SMILES string of the molecule is COc1cc(C(O)C(O)CC(=O)O)c(F)cc1N. The van der Waals surface area contributed by atoms with Gasteiger partial charge in [0.2, 0.25) is 0 Å². The summed E-state index contributed by atoms with van der Waals surface area (Å²) < 4.78 is 18.4. The molecule has 0 heterocycles. The lowest BCUT2D eigenvalue weighted by Crippen LogP contribution is -2.22. The van der Waals surface area contributed by atoms with E-state index >= 15 is 0 Å². The van der Waals surface area contributed by atoms with Crippen molar-refractivity contribution in [2.45, 2.75) is 18.6 Å². The molecule has 1 rings (SSSR count). The number of benzene rings is 1. The van der Waals surface area contributed by atoms with Gasteiger partial charge in [-0.2, -0.15) is 0 Å². The summed E-state index contributed by atoms with van der Waals surface area (Å²) >= 11 is 0. The van der Waals surface area contributed by atoms with E-state index in [1.165, 1.54) is 7.11 Å². The topological polar surface area (TPSA) is 113 Å². The Hall–Kier alpha value is -1.86. The minimum atomic E-state index is -1.67. The molecule has 6 nitrogen and oxygen atoms in total. The zero-order chi connectivity index (χ0) is 13.9. The largest absolute Gasteiger partial charge is 0.495 e. The van der Waals surface area contributed by atoms with Crippen LogP contribution >= 0.6 is 0 Å². The van der Waals surface area contributed by atoms with Gasteiger partial charge in [-0.05, 0) is 6.07 Å². The van der Waals surface area contributed by atoms with Crippen LogP contribution in [-0.2, 0) is 4.79 Å². The van der Waals surface area contributed by atoms with E-state index in [1.807, 2.05) is 0 Å². The van der Waals surface area contributed by atoms with E-state index in [9.17, 15) is 19.4 Å². The van der Waals surface area contributed by atoms with E-state index in [4.69, 9.17) is 15.6 Å². The molecule has 0 bridgehead atoms. The molecule has 0 radical (unpaired) electrons. The lowest BCUT2D eigenvalue weighted by molar-refractivity contribution is -0.141. The zero-order valence-corrected chi connectivity index (χ0v) is 9.63. The van der Waals surface area contributed by atoms with Gasteiger partial charge in [0.1, 0.15) is 17.7 Å². The highest BCUT2D eigenvalue weighted by atomic mass is 19.1. The van der Waals surface area contributed by atoms with Crippen LogP contribution in [0.1, 0.15) is 18.1 Å². The first kappa shape index (κ1) is 14.2. The summed E-state index contributed by atoms with van der Waals surface area (Å²) in [6.07, 6.45) is -3.99. The Morgan fingerprint density at radius 1 is 1.50 bits per heavy atom. The Morgan fingerprint density at radius 2 is 2.11 bits per heavy atom. The number of anilines is 1. The number of nitrogen functional groups attached to an aromatic ring is 1. The van der Waals surface area contributed by atoms with Gasteiger partial charge < -0.3 is 25.8 Å². The molecule has 0 aliphatic rings. The summed E-state index contributed by atoms with van der Waals surface area (Å²) in [5, 5.41) is 27.6. The van der Waals surface area contributed by atoms with E-state index in [0.29, 0.717) is 0 Å². The van der Waals surface area contributed by atoms with Gasteiger partial charge in [0.05, 0.1) is 25.3 Å². The Kier molecular flexibility index (Phi) is 4.46. The second-order valence-corrected chi connectivity index (χ2v) is 3.73. The van der Waals surface area contributed by atoms with Crippen molar-refractivity contribution in [3.8, 4) is 5.75 Å². The van der Waals surface area contributed by atoms with Crippen molar-refractivity contribution in [1.82, 2.24) is 0 Å². The number of aliphatic carboxylic acids is 1. The van der Waals surface area contributed by atoms with Gasteiger partial charge >= 0.3 is 5.97 Å². The molecule has 2 unspecified atom stereocenters. The first-order chi connectivity index (χ1) is 8.36. The summed E-state index contributed by atoms with van der Waals surface area (Å²) in [5.74, 6) is -2.01.